The van der Waals surface area contributed by atoms with Crippen LogP contribution in [0.2, 0.25) is 0 Å². The molecular weight excluding hydrogens is 252 g/mol. The van der Waals surface area contributed by atoms with Crippen molar-refractivity contribution in [3.05, 3.63) is 57.8 Å². The monoisotopic (exact) mass is 267 g/mol. The lowest BCUT2D eigenvalue weighted by Crippen LogP contribution is -2.29. The fourth-order valence-corrected chi connectivity index (χ4v) is 2.66. The molecule has 2 aromatic rings. The summed E-state index contributed by atoms with van der Waals surface area (Å²) in [7, 11) is 1.87. The van der Waals surface area contributed by atoms with E-state index in [0.29, 0.717) is 12.0 Å². The molecule has 1 unspecified atom stereocenters. The third-order valence-electron chi connectivity index (χ3n) is 2.87. The highest BCUT2D eigenvalue weighted by Gasteiger charge is 2.10. The number of thiophene rings is 1. The van der Waals surface area contributed by atoms with Gasteiger partial charge in [-0.2, -0.15) is 11.3 Å². The quantitative estimate of drug-likeness (QED) is 0.875. The van der Waals surface area contributed by atoms with Crippen LogP contribution >= 0.6 is 11.3 Å². The van der Waals surface area contributed by atoms with E-state index in [9.17, 15) is 8.78 Å². The maximum absolute atomic E-state index is 13.1. The summed E-state index contributed by atoms with van der Waals surface area (Å²) in [4.78, 5) is 0. The molecule has 0 amide bonds. The Morgan fingerprint density at radius 3 is 2.33 bits per heavy atom. The zero-order chi connectivity index (χ0) is 13.0. The molecule has 0 saturated heterocycles. The lowest BCUT2D eigenvalue weighted by atomic mass is 10.0. The Morgan fingerprint density at radius 2 is 1.78 bits per heavy atom. The minimum Gasteiger partial charge on any atom is -0.316 e. The summed E-state index contributed by atoms with van der Waals surface area (Å²) in [6, 6.07) is 5.93. The Morgan fingerprint density at radius 1 is 1.11 bits per heavy atom. The van der Waals surface area contributed by atoms with Crippen molar-refractivity contribution in [2.75, 3.05) is 7.05 Å². The maximum atomic E-state index is 13.1. The van der Waals surface area contributed by atoms with Gasteiger partial charge in [0.1, 0.15) is 11.6 Å². The van der Waals surface area contributed by atoms with E-state index in [1.165, 1.54) is 17.7 Å². The molecule has 0 aliphatic rings. The number of rotatable bonds is 5. The fraction of sp³-hybridized carbons (Fsp3) is 0.286. The lowest BCUT2D eigenvalue weighted by molar-refractivity contribution is 0.544. The van der Waals surface area contributed by atoms with Gasteiger partial charge in [0.2, 0.25) is 0 Å². The van der Waals surface area contributed by atoms with Crippen molar-refractivity contribution in [3.63, 3.8) is 0 Å². The van der Waals surface area contributed by atoms with E-state index >= 15 is 0 Å². The molecule has 1 heterocycles. The molecule has 0 bridgehead atoms. The molecule has 0 aliphatic carbocycles. The smallest absolute Gasteiger partial charge is 0.126 e. The molecule has 1 aromatic heterocycles. The van der Waals surface area contributed by atoms with E-state index in [2.05, 4.69) is 16.8 Å². The molecule has 0 aliphatic heterocycles. The lowest BCUT2D eigenvalue weighted by Gasteiger charge is -2.15. The van der Waals surface area contributed by atoms with Crippen molar-refractivity contribution in [1.82, 2.24) is 5.32 Å². The van der Waals surface area contributed by atoms with Gasteiger partial charge in [-0.1, -0.05) is 0 Å². The Hall–Kier alpha value is -1.26. The molecule has 1 N–H and O–H groups in total. The number of hydrogen-bond donors (Lipinski definition) is 1. The van der Waals surface area contributed by atoms with Gasteiger partial charge in [0, 0.05) is 12.1 Å². The highest BCUT2D eigenvalue weighted by atomic mass is 32.1. The second-order valence-corrected chi connectivity index (χ2v) is 5.08. The van der Waals surface area contributed by atoms with E-state index in [1.807, 2.05) is 12.4 Å². The van der Waals surface area contributed by atoms with Crippen molar-refractivity contribution in [1.29, 1.82) is 0 Å². The molecule has 0 fully saturated rings. The van der Waals surface area contributed by atoms with Gasteiger partial charge in [0.25, 0.3) is 0 Å². The summed E-state index contributed by atoms with van der Waals surface area (Å²) in [6.45, 7) is 0. The Kier molecular flexibility index (Phi) is 4.44. The molecule has 0 radical (unpaired) electrons. The zero-order valence-corrected chi connectivity index (χ0v) is 10.9. The molecule has 1 atom stereocenters. The molecule has 1 aromatic carbocycles. The first kappa shape index (κ1) is 13.2. The molecule has 4 heteroatoms. The average Bonchev–Trinajstić information content (AvgIpc) is 2.79. The van der Waals surface area contributed by atoms with Crippen LogP contribution in [0.4, 0.5) is 8.78 Å². The SMILES string of the molecule is CNC(Cc1ccsc1)Cc1cc(F)cc(F)c1. The Bertz CT molecular complexity index is 476. The fourth-order valence-electron chi connectivity index (χ4n) is 1.98. The predicted octanol–water partition coefficient (Wildman–Crippen LogP) is 3.40. The van der Waals surface area contributed by atoms with Crippen molar-refractivity contribution in [3.8, 4) is 0 Å². The number of halogens is 2. The molecule has 2 rings (SSSR count). The zero-order valence-electron chi connectivity index (χ0n) is 10.1. The second-order valence-electron chi connectivity index (χ2n) is 4.30. The van der Waals surface area contributed by atoms with Crippen molar-refractivity contribution < 1.29 is 8.78 Å². The van der Waals surface area contributed by atoms with E-state index < -0.39 is 11.6 Å². The second kappa shape index (κ2) is 6.07. The van der Waals surface area contributed by atoms with Gasteiger partial charge < -0.3 is 5.32 Å². The summed E-state index contributed by atoms with van der Waals surface area (Å²) in [5, 5.41) is 7.31. The molecule has 1 nitrogen and oxygen atoms in total. The molecular formula is C14H15F2NS. The standard InChI is InChI=1S/C14H15F2NS/c1-17-14(6-10-2-3-18-9-10)7-11-4-12(15)8-13(16)5-11/h2-5,8-9,14,17H,6-7H2,1H3. The average molecular weight is 267 g/mol. The van der Waals surface area contributed by atoms with Gasteiger partial charge in [-0.15, -0.1) is 0 Å². The van der Waals surface area contributed by atoms with Crippen molar-refractivity contribution in [2.45, 2.75) is 18.9 Å². The number of hydrogen-bond acceptors (Lipinski definition) is 2. The largest absolute Gasteiger partial charge is 0.316 e. The first-order chi connectivity index (χ1) is 8.67. The first-order valence-electron chi connectivity index (χ1n) is 5.80. The number of nitrogens with one attached hydrogen (secondary N) is 1. The van der Waals surface area contributed by atoms with E-state index in [0.717, 1.165) is 12.5 Å². The summed E-state index contributed by atoms with van der Waals surface area (Å²) in [6.07, 6.45) is 1.47. The third-order valence-corrected chi connectivity index (χ3v) is 3.61. The van der Waals surface area contributed by atoms with E-state index in [-0.39, 0.29) is 6.04 Å². The van der Waals surface area contributed by atoms with E-state index in [1.54, 1.807) is 11.3 Å². The minimum absolute atomic E-state index is 0.181. The van der Waals surface area contributed by atoms with Crippen LogP contribution in [0.3, 0.4) is 0 Å². The van der Waals surface area contributed by atoms with Crippen LogP contribution in [0.25, 0.3) is 0 Å². The molecule has 18 heavy (non-hydrogen) atoms. The predicted molar refractivity (Wildman–Crippen MR) is 70.9 cm³/mol. The highest BCUT2D eigenvalue weighted by molar-refractivity contribution is 7.07. The van der Waals surface area contributed by atoms with Gasteiger partial charge in [-0.05, 0) is 60.0 Å². The minimum atomic E-state index is -0.518. The summed E-state index contributed by atoms with van der Waals surface area (Å²) in [5.74, 6) is -1.04. The Labute approximate surface area is 109 Å². The van der Waals surface area contributed by atoms with Gasteiger partial charge in [0.05, 0.1) is 0 Å². The van der Waals surface area contributed by atoms with Gasteiger partial charge in [-0.3, -0.25) is 0 Å². The number of benzene rings is 1. The number of likely N-dealkylation sites (N-methyl/N-ethyl adjacent to an activating group) is 1. The highest BCUT2D eigenvalue weighted by Crippen LogP contribution is 2.14. The van der Waals surface area contributed by atoms with Gasteiger partial charge in [0.15, 0.2) is 0 Å². The van der Waals surface area contributed by atoms with E-state index in [4.69, 9.17) is 0 Å². The summed E-state index contributed by atoms with van der Waals surface area (Å²) >= 11 is 1.66. The van der Waals surface area contributed by atoms with Crippen molar-refractivity contribution in [2.24, 2.45) is 0 Å². The summed E-state index contributed by atoms with van der Waals surface area (Å²) in [5.41, 5.74) is 1.93. The molecule has 96 valence electrons. The first-order valence-corrected chi connectivity index (χ1v) is 6.75. The van der Waals surface area contributed by atoms with Crippen LogP contribution in [-0.2, 0) is 12.8 Å². The van der Waals surface area contributed by atoms with Crippen molar-refractivity contribution >= 4 is 11.3 Å². The maximum Gasteiger partial charge on any atom is 0.126 e. The Balaban J connectivity index is 2.05. The van der Waals surface area contributed by atoms with Gasteiger partial charge in [-0.25, -0.2) is 8.78 Å². The van der Waals surface area contributed by atoms with Crippen LogP contribution in [0.15, 0.2) is 35.0 Å². The third kappa shape index (κ3) is 3.62. The normalized spacial score (nSPS) is 12.6. The summed E-state index contributed by atoms with van der Waals surface area (Å²) < 4.78 is 26.2. The topological polar surface area (TPSA) is 12.0 Å². The van der Waals surface area contributed by atoms with Crippen LogP contribution in [0.1, 0.15) is 11.1 Å². The van der Waals surface area contributed by atoms with Gasteiger partial charge >= 0.3 is 0 Å². The molecule has 0 spiro atoms. The van der Waals surface area contributed by atoms with Crippen LogP contribution in [0, 0.1) is 11.6 Å². The van der Waals surface area contributed by atoms with Crippen LogP contribution in [-0.4, -0.2) is 13.1 Å². The van der Waals surface area contributed by atoms with Crippen LogP contribution < -0.4 is 5.32 Å². The van der Waals surface area contributed by atoms with Crippen LogP contribution in [0.5, 0.6) is 0 Å². The molecule has 0 saturated carbocycles.